The molecule has 0 saturated heterocycles. The zero-order valence-electron chi connectivity index (χ0n) is 11.3. The average Bonchev–Trinajstić information content (AvgIpc) is 2.77. The summed E-state index contributed by atoms with van der Waals surface area (Å²) in [5.74, 6) is 1.01. The van der Waals surface area contributed by atoms with Crippen LogP contribution in [0.4, 0.5) is 5.69 Å². The summed E-state index contributed by atoms with van der Waals surface area (Å²) in [5.41, 5.74) is 2.39. The van der Waals surface area contributed by atoms with Crippen LogP contribution in [0.15, 0.2) is 45.5 Å². The second-order valence-electron chi connectivity index (χ2n) is 4.65. The van der Waals surface area contributed by atoms with Gasteiger partial charge in [0.1, 0.15) is 5.76 Å². The van der Waals surface area contributed by atoms with Crippen LogP contribution in [0.5, 0.6) is 0 Å². The Morgan fingerprint density at radius 3 is 2.74 bits per heavy atom. The van der Waals surface area contributed by atoms with E-state index in [1.165, 1.54) is 5.56 Å². The van der Waals surface area contributed by atoms with E-state index in [0.29, 0.717) is 0 Å². The summed E-state index contributed by atoms with van der Waals surface area (Å²) in [6.45, 7) is 4.81. The van der Waals surface area contributed by atoms with Gasteiger partial charge in [-0.25, -0.2) is 0 Å². The highest BCUT2D eigenvalue weighted by molar-refractivity contribution is 9.10. The van der Waals surface area contributed by atoms with Gasteiger partial charge in [-0.15, -0.1) is 0 Å². The standard InChI is InChI=1S/C15H19BrN2O/c1-12-13(7-10-19-12)11-18(2)9-8-17-15-6-4-3-5-14(15)16/h3-7,10,17H,8-9,11H2,1-2H3. The molecule has 3 nitrogen and oxygen atoms in total. The summed E-state index contributed by atoms with van der Waals surface area (Å²) in [6.07, 6.45) is 1.75. The fourth-order valence-electron chi connectivity index (χ4n) is 1.93. The highest BCUT2D eigenvalue weighted by atomic mass is 79.9. The first kappa shape index (κ1) is 14.2. The van der Waals surface area contributed by atoms with Crippen molar-refractivity contribution in [1.29, 1.82) is 0 Å². The van der Waals surface area contributed by atoms with Crippen LogP contribution in [0.25, 0.3) is 0 Å². The molecule has 19 heavy (non-hydrogen) atoms. The average molecular weight is 323 g/mol. The molecule has 0 bridgehead atoms. The molecule has 1 heterocycles. The maximum absolute atomic E-state index is 5.31. The van der Waals surface area contributed by atoms with E-state index in [9.17, 15) is 0 Å². The third kappa shape index (κ3) is 4.11. The van der Waals surface area contributed by atoms with E-state index in [4.69, 9.17) is 4.42 Å². The number of nitrogens with one attached hydrogen (secondary N) is 1. The molecule has 1 N–H and O–H groups in total. The van der Waals surface area contributed by atoms with Crippen LogP contribution < -0.4 is 5.32 Å². The first-order chi connectivity index (χ1) is 9.16. The number of furan rings is 1. The second kappa shape index (κ2) is 6.78. The normalized spacial score (nSPS) is 10.9. The molecule has 0 aliphatic heterocycles. The van der Waals surface area contributed by atoms with Gasteiger partial charge in [-0.3, -0.25) is 0 Å². The van der Waals surface area contributed by atoms with Crippen LogP contribution in [-0.4, -0.2) is 25.0 Å². The van der Waals surface area contributed by atoms with Crippen LogP contribution in [0, 0.1) is 6.92 Å². The van der Waals surface area contributed by atoms with Crippen molar-refractivity contribution in [1.82, 2.24) is 4.90 Å². The van der Waals surface area contributed by atoms with Crippen molar-refractivity contribution in [2.24, 2.45) is 0 Å². The van der Waals surface area contributed by atoms with Crippen LogP contribution in [0.3, 0.4) is 0 Å². The van der Waals surface area contributed by atoms with Crippen LogP contribution in [0.1, 0.15) is 11.3 Å². The fraction of sp³-hybridized carbons (Fsp3) is 0.333. The Morgan fingerprint density at radius 2 is 2.05 bits per heavy atom. The zero-order chi connectivity index (χ0) is 13.7. The van der Waals surface area contributed by atoms with Crippen LogP contribution in [0.2, 0.25) is 0 Å². The predicted octanol–water partition coefficient (Wildman–Crippen LogP) is 3.89. The van der Waals surface area contributed by atoms with Gasteiger partial charge >= 0.3 is 0 Å². The Kier molecular flexibility index (Phi) is 5.05. The number of halogens is 1. The molecule has 0 atom stereocenters. The maximum atomic E-state index is 5.31. The molecular formula is C15H19BrN2O. The summed E-state index contributed by atoms with van der Waals surface area (Å²) in [6, 6.07) is 10.2. The lowest BCUT2D eigenvalue weighted by Crippen LogP contribution is -2.24. The molecule has 102 valence electrons. The van der Waals surface area contributed by atoms with Crippen molar-refractivity contribution in [2.45, 2.75) is 13.5 Å². The van der Waals surface area contributed by atoms with E-state index < -0.39 is 0 Å². The van der Waals surface area contributed by atoms with Gasteiger partial charge in [0.2, 0.25) is 0 Å². The van der Waals surface area contributed by atoms with Crippen molar-refractivity contribution in [2.75, 3.05) is 25.5 Å². The number of likely N-dealkylation sites (N-methyl/N-ethyl adjacent to an activating group) is 1. The topological polar surface area (TPSA) is 28.4 Å². The molecule has 4 heteroatoms. The van der Waals surface area contributed by atoms with E-state index >= 15 is 0 Å². The Balaban J connectivity index is 1.77. The minimum Gasteiger partial charge on any atom is -0.469 e. The quantitative estimate of drug-likeness (QED) is 0.874. The van der Waals surface area contributed by atoms with E-state index in [2.05, 4.69) is 39.3 Å². The first-order valence-electron chi connectivity index (χ1n) is 6.36. The minimum absolute atomic E-state index is 0.913. The summed E-state index contributed by atoms with van der Waals surface area (Å²) < 4.78 is 6.41. The number of rotatable bonds is 6. The van der Waals surface area contributed by atoms with E-state index in [1.54, 1.807) is 6.26 Å². The molecule has 2 aromatic rings. The Labute approximate surface area is 122 Å². The summed E-state index contributed by atoms with van der Waals surface area (Å²) >= 11 is 3.53. The smallest absolute Gasteiger partial charge is 0.105 e. The lowest BCUT2D eigenvalue weighted by Gasteiger charge is -2.17. The number of nitrogens with zero attached hydrogens (tertiary/aromatic N) is 1. The monoisotopic (exact) mass is 322 g/mol. The lowest BCUT2D eigenvalue weighted by molar-refractivity contribution is 0.337. The molecule has 0 aliphatic rings. The zero-order valence-corrected chi connectivity index (χ0v) is 12.9. The Bertz CT molecular complexity index is 524. The first-order valence-corrected chi connectivity index (χ1v) is 7.16. The van der Waals surface area contributed by atoms with Gasteiger partial charge < -0.3 is 14.6 Å². The molecule has 0 fully saturated rings. The number of anilines is 1. The minimum atomic E-state index is 0.913. The summed E-state index contributed by atoms with van der Waals surface area (Å²) in [5, 5.41) is 3.43. The molecule has 0 unspecified atom stereocenters. The van der Waals surface area contributed by atoms with E-state index in [0.717, 1.165) is 35.6 Å². The molecule has 0 radical (unpaired) electrons. The predicted molar refractivity (Wildman–Crippen MR) is 82.4 cm³/mol. The molecule has 0 saturated carbocycles. The largest absolute Gasteiger partial charge is 0.469 e. The van der Waals surface area contributed by atoms with Gasteiger partial charge in [0, 0.05) is 35.4 Å². The van der Waals surface area contributed by atoms with Crippen molar-refractivity contribution < 1.29 is 4.42 Å². The van der Waals surface area contributed by atoms with Gasteiger partial charge in [-0.05, 0) is 48.1 Å². The fourth-order valence-corrected chi connectivity index (χ4v) is 2.36. The second-order valence-corrected chi connectivity index (χ2v) is 5.50. The van der Waals surface area contributed by atoms with Gasteiger partial charge in [-0.1, -0.05) is 12.1 Å². The molecule has 1 aromatic heterocycles. The molecule has 0 spiro atoms. The molecule has 2 rings (SSSR count). The van der Waals surface area contributed by atoms with Crippen LogP contribution >= 0.6 is 15.9 Å². The molecular weight excluding hydrogens is 304 g/mol. The van der Waals surface area contributed by atoms with Crippen molar-refractivity contribution in [3.8, 4) is 0 Å². The Hall–Kier alpha value is -1.26. The van der Waals surface area contributed by atoms with Gasteiger partial charge in [-0.2, -0.15) is 0 Å². The maximum Gasteiger partial charge on any atom is 0.105 e. The van der Waals surface area contributed by atoms with Crippen molar-refractivity contribution in [3.05, 3.63) is 52.4 Å². The van der Waals surface area contributed by atoms with Crippen molar-refractivity contribution >= 4 is 21.6 Å². The molecule has 1 aromatic carbocycles. The third-order valence-electron chi connectivity index (χ3n) is 3.09. The summed E-state index contributed by atoms with van der Waals surface area (Å²) in [4.78, 5) is 2.28. The van der Waals surface area contributed by atoms with Crippen LogP contribution in [-0.2, 0) is 6.54 Å². The van der Waals surface area contributed by atoms with E-state index in [-0.39, 0.29) is 0 Å². The van der Waals surface area contributed by atoms with Gasteiger partial charge in [0.25, 0.3) is 0 Å². The number of hydrogen-bond donors (Lipinski definition) is 1. The van der Waals surface area contributed by atoms with E-state index in [1.807, 2.05) is 31.2 Å². The van der Waals surface area contributed by atoms with Gasteiger partial charge in [0.15, 0.2) is 0 Å². The summed E-state index contributed by atoms with van der Waals surface area (Å²) in [7, 11) is 2.12. The number of benzene rings is 1. The highest BCUT2D eigenvalue weighted by Gasteiger charge is 2.05. The van der Waals surface area contributed by atoms with Crippen molar-refractivity contribution in [3.63, 3.8) is 0 Å². The molecule has 0 amide bonds. The lowest BCUT2D eigenvalue weighted by atomic mass is 10.2. The number of para-hydroxylation sites is 1. The SMILES string of the molecule is Cc1occc1CN(C)CCNc1ccccc1Br. The number of hydrogen-bond acceptors (Lipinski definition) is 3. The Morgan fingerprint density at radius 1 is 1.26 bits per heavy atom. The third-order valence-corrected chi connectivity index (χ3v) is 3.78. The highest BCUT2D eigenvalue weighted by Crippen LogP contribution is 2.20. The number of aryl methyl sites for hydroxylation is 1. The molecule has 0 aliphatic carbocycles. The van der Waals surface area contributed by atoms with Gasteiger partial charge in [0.05, 0.1) is 6.26 Å².